The standard InChI is InChI=1S/C24H27F3N2O4S/c25-20-9-10-21(24(27)23(20)26)34(31,32)29-14-12-28(13-15-29)22(30)11-8-17-4-3-7-19(16-17)33-18-5-1-2-6-18/h3-4,7,9-10,16,18H,1-2,5-6,8,11-15H2. The van der Waals surface area contributed by atoms with Crippen LogP contribution in [0.5, 0.6) is 5.75 Å². The Kier molecular flexibility index (Phi) is 7.47. The number of sulfonamides is 1. The quantitative estimate of drug-likeness (QED) is 0.546. The maximum absolute atomic E-state index is 14.0. The summed E-state index contributed by atoms with van der Waals surface area (Å²) in [5.74, 6) is -4.33. The monoisotopic (exact) mass is 496 g/mol. The lowest BCUT2D eigenvalue weighted by Crippen LogP contribution is -2.50. The zero-order valence-corrected chi connectivity index (χ0v) is 19.5. The summed E-state index contributed by atoms with van der Waals surface area (Å²) in [7, 11) is -4.35. The number of amides is 1. The molecule has 2 fully saturated rings. The van der Waals surface area contributed by atoms with E-state index in [-0.39, 0.29) is 44.6 Å². The number of carbonyl (C=O) groups is 1. The van der Waals surface area contributed by atoms with Crippen LogP contribution in [-0.2, 0) is 21.2 Å². The Balaban J connectivity index is 1.30. The van der Waals surface area contributed by atoms with Crippen molar-refractivity contribution >= 4 is 15.9 Å². The van der Waals surface area contributed by atoms with E-state index in [2.05, 4.69) is 0 Å². The minimum Gasteiger partial charge on any atom is -0.490 e. The molecule has 184 valence electrons. The van der Waals surface area contributed by atoms with Crippen LogP contribution in [0.1, 0.15) is 37.7 Å². The van der Waals surface area contributed by atoms with Crippen LogP contribution in [0.2, 0.25) is 0 Å². The number of carbonyl (C=O) groups excluding carboxylic acids is 1. The van der Waals surface area contributed by atoms with E-state index in [0.717, 1.165) is 28.5 Å². The van der Waals surface area contributed by atoms with Crippen LogP contribution in [-0.4, -0.2) is 55.8 Å². The first-order valence-corrected chi connectivity index (χ1v) is 12.9. The number of piperazine rings is 1. The summed E-state index contributed by atoms with van der Waals surface area (Å²) in [6.45, 7) is 0.150. The van der Waals surface area contributed by atoms with Crippen LogP contribution in [0.4, 0.5) is 13.2 Å². The van der Waals surface area contributed by atoms with Crippen molar-refractivity contribution in [1.82, 2.24) is 9.21 Å². The summed E-state index contributed by atoms with van der Waals surface area (Å²) in [5, 5.41) is 0. The highest BCUT2D eigenvalue weighted by atomic mass is 32.2. The highest BCUT2D eigenvalue weighted by Crippen LogP contribution is 2.26. The second-order valence-corrected chi connectivity index (χ2v) is 10.5. The van der Waals surface area contributed by atoms with Crippen LogP contribution in [0.25, 0.3) is 0 Å². The Morgan fingerprint density at radius 2 is 1.68 bits per heavy atom. The normalized spacial score (nSPS) is 17.8. The van der Waals surface area contributed by atoms with Gasteiger partial charge in [0, 0.05) is 32.6 Å². The summed E-state index contributed by atoms with van der Waals surface area (Å²) in [4.78, 5) is 13.3. The van der Waals surface area contributed by atoms with Gasteiger partial charge in [-0.1, -0.05) is 12.1 Å². The SMILES string of the molecule is O=C(CCc1cccc(OC2CCCC2)c1)N1CCN(S(=O)(=O)c2ccc(F)c(F)c2F)CC1. The Morgan fingerprint density at radius 3 is 2.38 bits per heavy atom. The molecule has 0 aromatic heterocycles. The molecule has 0 bridgehead atoms. The fraction of sp³-hybridized carbons (Fsp3) is 0.458. The number of hydrogen-bond acceptors (Lipinski definition) is 4. The molecule has 0 radical (unpaired) electrons. The fourth-order valence-corrected chi connectivity index (χ4v) is 5.88. The Bertz CT molecular complexity index is 1140. The van der Waals surface area contributed by atoms with Crippen molar-refractivity contribution in [2.75, 3.05) is 26.2 Å². The molecule has 10 heteroatoms. The van der Waals surface area contributed by atoms with E-state index in [1.54, 1.807) is 4.90 Å². The smallest absolute Gasteiger partial charge is 0.246 e. The highest BCUT2D eigenvalue weighted by Gasteiger charge is 2.33. The molecule has 1 aliphatic carbocycles. The number of halogens is 3. The van der Waals surface area contributed by atoms with Gasteiger partial charge < -0.3 is 9.64 Å². The minimum atomic E-state index is -4.35. The van der Waals surface area contributed by atoms with Gasteiger partial charge in [0.2, 0.25) is 15.9 Å². The molecule has 1 saturated heterocycles. The first-order valence-electron chi connectivity index (χ1n) is 11.4. The predicted molar refractivity (Wildman–Crippen MR) is 119 cm³/mol. The second-order valence-electron chi connectivity index (χ2n) is 8.63. The van der Waals surface area contributed by atoms with Gasteiger partial charge in [-0.3, -0.25) is 4.79 Å². The molecule has 1 heterocycles. The molecule has 0 unspecified atom stereocenters. The van der Waals surface area contributed by atoms with Gasteiger partial charge in [-0.25, -0.2) is 21.6 Å². The summed E-state index contributed by atoms with van der Waals surface area (Å²) >= 11 is 0. The molecule has 2 aromatic rings. The Labute approximate surface area is 197 Å². The van der Waals surface area contributed by atoms with Crippen LogP contribution in [0.15, 0.2) is 41.3 Å². The summed E-state index contributed by atoms with van der Waals surface area (Å²) in [6, 6.07) is 9.01. The van der Waals surface area contributed by atoms with E-state index in [0.29, 0.717) is 18.6 Å². The zero-order valence-electron chi connectivity index (χ0n) is 18.7. The van der Waals surface area contributed by atoms with E-state index in [1.807, 2.05) is 24.3 Å². The van der Waals surface area contributed by atoms with Gasteiger partial charge >= 0.3 is 0 Å². The minimum absolute atomic E-state index is 0.0583. The van der Waals surface area contributed by atoms with E-state index < -0.39 is 32.4 Å². The van der Waals surface area contributed by atoms with Crippen LogP contribution in [0.3, 0.4) is 0 Å². The molecule has 0 N–H and O–H groups in total. The summed E-state index contributed by atoms with van der Waals surface area (Å²) in [5.41, 5.74) is 0.985. The third kappa shape index (κ3) is 5.38. The molecule has 1 saturated carbocycles. The summed E-state index contributed by atoms with van der Waals surface area (Å²) < 4.78 is 73.1. The highest BCUT2D eigenvalue weighted by molar-refractivity contribution is 7.89. The molecule has 1 amide bonds. The third-order valence-electron chi connectivity index (χ3n) is 6.34. The molecule has 2 aromatic carbocycles. The Hall–Kier alpha value is -2.59. The lowest BCUT2D eigenvalue weighted by molar-refractivity contribution is -0.132. The topological polar surface area (TPSA) is 66.9 Å². The van der Waals surface area contributed by atoms with Crippen molar-refractivity contribution in [1.29, 1.82) is 0 Å². The van der Waals surface area contributed by atoms with Crippen LogP contribution >= 0.6 is 0 Å². The van der Waals surface area contributed by atoms with Gasteiger partial charge in [0.1, 0.15) is 10.6 Å². The molecule has 2 aliphatic rings. The Morgan fingerprint density at radius 1 is 0.971 bits per heavy atom. The van der Waals surface area contributed by atoms with Crippen molar-refractivity contribution in [3.05, 3.63) is 59.4 Å². The lowest BCUT2D eigenvalue weighted by Gasteiger charge is -2.34. The van der Waals surface area contributed by atoms with E-state index >= 15 is 0 Å². The van der Waals surface area contributed by atoms with Crippen molar-refractivity contribution in [2.45, 2.75) is 49.5 Å². The first-order chi connectivity index (χ1) is 16.3. The van der Waals surface area contributed by atoms with Crippen molar-refractivity contribution in [3.8, 4) is 5.75 Å². The number of rotatable bonds is 7. The molecular formula is C24H27F3N2O4S. The summed E-state index contributed by atoms with van der Waals surface area (Å²) in [6.07, 6.45) is 5.54. The van der Waals surface area contributed by atoms with E-state index in [4.69, 9.17) is 4.74 Å². The molecule has 4 rings (SSSR count). The molecule has 6 nitrogen and oxygen atoms in total. The third-order valence-corrected chi connectivity index (χ3v) is 8.26. The average molecular weight is 497 g/mol. The number of benzene rings is 2. The maximum Gasteiger partial charge on any atom is 0.246 e. The first kappa shape index (κ1) is 24.5. The molecule has 1 aliphatic heterocycles. The number of aryl methyl sites for hydroxylation is 1. The average Bonchev–Trinajstić information content (AvgIpc) is 3.34. The molecule has 34 heavy (non-hydrogen) atoms. The van der Waals surface area contributed by atoms with Gasteiger partial charge in [-0.2, -0.15) is 4.31 Å². The molecule has 0 spiro atoms. The van der Waals surface area contributed by atoms with Crippen molar-refractivity contribution < 1.29 is 31.1 Å². The van der Waals surface area contributed by atoms with Gasteiger partial charge in [0.15, 0.2) is 17.5 Å². The lowest BCUT2D eigenvalue weighted by atomic mass is 10.1. The van der Waals surface area contributed by atoms with Gasteiger partial charge in [0.25, 0.3) is 0 Å². The van der Waals surface area contributed by atoms with Gasteiger partial charge in [-0.15, -0.1) is 0 Å². The number of nitrogens with zero attached hydrogens (tertiary/aromatic N) is 2. The van der Waals surface area contributed by atoms with E-state index in [1.165, 1.54) is 12.8 Å². The van der Waals surface area contributed by atoms with Crippen LogP contribution < -0.4 is 4.74 Å². The van der Waals surface area contributed by atoms with Gasteiger partial charge in [-0.05, 0) is 61.9 Å². The number of hydrogen-bond donors (Lipinski definition) is 0. The fourth-order valence-electron chi connectivity index (χ4n) is 4.41. The molecular weight excluding hydrogens is 469 g/mol. The predicted octanol–water partition coefficient (Wildman–Crippen LogP) is 3.89. The molecule has 0 atom stereocenters. The van der Waals surface area contributed by atoms with Crippen LogP contribution in [0, 0.1) is 17.5 Å². The van der Waals surface area contributed by atoms with Crippen molar-refractivity contribution in [2.24, 2.45) is 0 Å². The van der Waals surface area contributed by atoms with Crippen molar-refractivity contribution in [3.63, 3.8) is 0 Å². The maximum atomic E-state index is 14.0. The van der Waals surface area contributed by atoms with E-state index in [9.17, 15) is 26.4 Å². The zero-order chi connectivity index (χ0) is 24.3. The second kappa shape index (κ2) is 10.4. The largest absolute Gasteiger partial charge is 0.490 e. The number of ether oxygens (including phenoxy) is 1. The van der Waals surface area contributed by atoms with Gasteiger partial charge in [0.05, 0.1) is 6.10 Å².